The summed E-state index contributed by atoms with van der Waals surface area (Å²) >= 11 is 8.78. The highest BCUT2D eigenvalue weighted by Crippen LogP contribution is 2.38. The molecular formula is C10H13Br2N3S. The van der Waals surface area contributed by atoms with Crippen LogP contribution in [0.5, 0.6) is 0 Å². The molecule has 2 rings (SSSR count). The smallest absolute Gasteiger partial charge is 0.191 e. The van der Waals surface area contributed by atoms with Crippen LogP contribution < -0.4 is 5.73 Å². The van der Waals surface area contributed by atoms with Crippen molar-refractivity contribution in [2.75, 3.05) is 13.1 Å². The van der Waals surface area contributed by atoms with Crippen LogP contribution in [0.3, 0.4) is 0 Å². The lowest BCUT2D eigenvalue weighted by Gasteiger charge is -2.24. The summed E-state index contributed by atoms with van der Waals surface area (Å²) in [5.41, 5.74) is 5.89. The Balaban J connectivity index is 2.21. The number of hydrogen-bond donors (Lipinski definition) is 1. The predicted octanol–water partition coefficient (Wildman–Crippen LogP) is 3.35. The van der Waals surface area contributed by atoms with E-state index in [1.165, 1.54) is 4.88 Å². The fraction of sp³-hybridized carbons (Fsp3) is 0.500. The van der Waals surface area contributed by atoms with Crippen molar-refractivity contribution in [2.45, 2.75) is 19.4 Å². The van der Waals surface area contributed by atoms with Gasteiger partial charge >= 0.3 is 0 Å². The largest absolute Gasteiger partial charge is 0.370 e. The Kier molecular flexibility index (Phi) is 3.92. The lowest BCUT2D eigenvalue weighted by atomic mass is 10.2. The molecule has 1 aliphatic heterocycles. The Bertz CT molecular complexity index is 397. The van der Waals surface area contributed by atoms with E-state index >= 15 is 0 Å². The standard InChI is InChI=1S/C10H13Br2N3S/c1-2-3-15-7(5-14-10(15)13)8-4-6(11)9(12)16-8/h4,7H,2-3,5H2,1H3,(H2,13,14). The van der Waals surface area contributed by atoms with Crippen LogP contribution in [-0.2, 0) is 0 Å². The lowest BCUT2D eigenvalue weighted by molar-refractivity contribution is 0.351. The summed E-state index contributed by atoms with van der Waals surface area (Å²) < 4.78 is 2.24. The summed E-state index contributed by atoms with van der Waals surface area (Å²) in [6.07, 6.45) is 1.08. The van der Waals surface area contributed by atoms with Gasteiger partial charge in [-0.3, -0.25) is 4.99 Å². The predicted molar refractivity (Wildman–Crippen MR) is 75.9 cm³/mol. The maximum Gasteiger partial charge on any atom is 0.191 e. The van der Waals surface area contributed by atoms with Gasteiger partial charge in [0.15, 0.2) is 5.96 Å². The van der Waals surface area contributed by atoms with Gasteiger partial charge in [0.1, 0.15) is 0 Å². The van der Waals surface area contributed by atoms with Gasteiger partial charge in [-0.15, -0.1) is 11.3 Å². The van der Waals surface area contributed by atoms with E-state index in [2.05, 4.69) is 54.7 Å². The summed E-state index contributed by atoms with van der Waals surface area (Å²) in [5.74, 6) is 0.674. The van der Waals surface area contributed by atoms with E-state index in [0.29, 0.717) is 12.0 Å². The normalized spacial score (nSPS) is 20.3. The molecule has 2 N–H and O–H groups in total. The molecule has 6 heteroatoms. The molecule has 0 saturated heterocycles. The maximum atomic E-state index is 5.89. The number of nitrogens with two attached hydrogens (primary N) is 1. The molecule has 1 unspecified atom stereocenters. The van der Waals surface area contributed by atoms with Gasteiger partial charge < -0.3 is 10.6 Å². The van der Waals surface area contributed by atoms with Crippen molar-refractivity contribution in [2.24, 2.45) is 10.7 Å². The van der Waals surface area contributed by atoms with E-state index < -0.39 is 0 Å². The lowest BCUT2D eigenvalue weighted by Crippen LogP contribution is -2.36. The van der Waals surface area contributed by atoms with Crippen molar-refractivity contribution < 1.29 is 0 Å². The average molecular weight is 367 g/mol. The van der Waals surface area contributed by atoms with Crippen molar-refractivity contribution in [1.29, 1.82) is 0 Å². The molecule has 0 aromatic carbocycles. The van der Waals surface area contributed by atoms with Crippen LogP contribution in [-0.4, -0.2) is 23.9 Å². The first-order chi connectivity index (χ1) is 7.63. The Morgan fingerprint density at radius 1 is 1.62 bits per heavy atom. The zero-order chi connectivity index (χ0) is 11.7. The molecular weight excluding hydrogens is 354 g/mol. The van der Waals surface area contributed by atoms with Crippen LogP contribution in [0.2, 0.25) is 0 Å². The molecule has 0 amide bonds. The van der Waals surface area contributed by atoms with Gasteiger partial charge in [0.2, 0.25) is 0 Å². The van der Waals surface area contributed by atoms with Crippen LogP contribution in [0, 0.1) is 0 Å². The van der Waals surface area contributed by atoms with Crippen LogP contribution >= 0.6 is 43.2 Å². The Hall–Kier alpha value is -0.0700. The van der Waals surface area contributed by atoms with E-state index in [9.17, 15) is 0 Å². The first kappa shape index (κ1) is 12.4. The number of halogens is 2. The Labute approximate surface area is 116 Å². The average Bonchev–Trinajstić information content (AvgIpc) is 2.74. The summed E-state index contributed by atoms with van der Waals surface area (Å²) in [6.45, 7) is 3.89. The minimum atomic E-state index is 0.313. The number of nitrogens with zero attached hydrogens (tertiary/aromatic N) is 2. The summed E-state index contributed by atoms with van der Waals surface area (Å²) in [4.78, 5) is 7.82. The van der Waals surface area contributed by atoms with E-state index in [-0.39, 0.29) is 0 Å². The minimum absolute atomic E-state index is 0.313. The van der Waals surface area contributed by atoms with E-state index in [0.717, 1.165) is 27.8 Å². The highest BCUT2D eigenvalue weighted by molar-refractivity contribution is 9.13. The molecule has 0 saturated carbocycles. The number of guanidine groups is 1. The molecule has 1 aliphatic rings. The molecule has 0 bridgehead atoms. The second kappa shape index (κ2) is 5.06. The molecule has 1 aromatic heterocycles. The molecule has 0 spiro atoms. The number of thiophene rings is 1. The van der Waals surface area contributed by atoms with Gasteiger partial charge in [0.05, 0.1) is 16.4 Å². The summed E-state index contributed by atoms with van der Waals surface area (Å²) in [7, 11) is 0. The SMILES string of the molecule is CCCN1C(N)=NCC1c1cc(Br)c(Br)s1. The molecule has 88 valence electrons. The van der Waals surface area contributed by atoms with Crippen molar-refractivity contribution in [3.8, 4) is 0 Å². The monoisotopic (exact) mass is 365 g/mol. The van der Waals surface area contributed by atoms with Crippen molar-refractivity contribution >= 4 is 49.2 Å². The fourth-order valence-corrected chi connectivity index (χ4v) is 4.01. The molecule has 1 atom stereocenters. The minimum Gasteiger partial charge on any atom is -0.370 e. The number of hydrogen-bond acceptors (Lipinski definition) is 4. The molecule has 0 fully saturated rings. The van der Waals surface area contributed by atoms with Gasteiger partial charge in [0.25, 0.3) is 0 Å². The highest BCUT2D eigenvalue weighted by atomic mass is 79.9. The van der Waals surface area contributed by atoms with Crippen molar-refractivity contribution in [3.63, 3.8) is 0 Å². The summed E-state index contributed by atoms with van der Waals surface area (Å²) in [6, 6.07) is 2.46. The molecule has 3 nitrogen and oxygen atoms in total. The summed E-state index contributed by atoms with van der Waals surface area (Å²) in [5, 5.41) is 0. The van der Waals surface area contributed by atoms with Crippen LogP contribution in [0.4, 0.5) is 0 Å². The number of rotatable bonds is 3. The second-order valence-electron chi connectivity index (χ2n) is 3.68. The zero-order valence-corrected chi connectivity index (χ0v) is 12.9. The molecule has 0 radical (unpaired) electrons. The van der Waals surface area contributed by atoms with E-state index in [4.69, 9.17) is 5.73 Å². The first-order valence-corrected chi connectivity index (χ1v) is 7.55. The van der Waals surface area contributed by atoms with E-state index in [1.54, 1.807) is 11.3 Å². The van der Waals surface area contributed by atoms with Crippen LogP contribution in [0.25, 0.3) is 0 Å². The van der Waals surface area contributed by atoms with Gasteiger partial charge in [-0.25, -0.2) is 0 Å². The van der Waals surface area contributed by atoms with Gasteiger partial charge in [-0.2, -0.15) is 0 Å². The van der Waals surface area contributed by atoms with Crippen molar-refractivity contribution in [1.82, 2.24) is 4.90 Å². The van der Waals surface area contributed by atoms with Crippen molar-refractivity contribution in [3.05, 3.63) is 19.2 Å². The van der Waals surface area contributed by atoms with Gasteiger partial charge in [-0.1, -0.05) is 6.92 Å². The van der Waals surface area contributed by atoms with Crippen LogP contribution in [0.15, 0.2) is 19.3 Å². The third kappa shape index (κ3) is 2.28. The fourth-order valence-electron chi connectivity index (χ4n) is 1.81. The quantitative estimate of drug-likeness (QED) is 0.891. The molecule has 0 aliphatic carbocycles. The Morgan fingerprint density at radius 3 is 2.94 bits per heavy atom. The second-order valence-corrected chi connectivity index (χ2v) is 6.93. The maximum absolute atomic E-state index is 5.89. The third-order valence-corrected chi connectivity index (χ3v) is 5.91. The molecule has 2 heterocycles. The van der Waals surface area contributed by atoms with Gasteiger partial charge in [0, 0.05) is 15.9 Å². The van der Waals surface area contributed by atoms with Gasteiger partial charge in [-0.05, 0) is 44.3 Å². The topological polar surface area (TPSA) is 41.6 Å². The molecule has 1 aromatic rings. The Morgan fingerprint density at radius 2 is 2.38 bits per heavy atom. The van der Waals surface area contributed by atoms with E-state index in [1.807, 2.05) is 0 Å². The third-order valence-electron chi connectivity index (χ3n) is 2.55. The highest BCUT2D eigenvalue weighted by Gasteiger charge is 2.28. The first-order valence-electron chi connectivity index (χ1n) is 5.14. The van der Waals surface area contributed by atoms with Crippen LogP contribution in [0.1, 0.15) is 24.3 Å². The zero-order valence-electron chi connectivity index (χ0n) is 8.91. The number of aliphatic imine (C=N–C) groups is 1. The molecule has 16 heavy (non-hydrogen) atoms.